The molecule has 0 radical (unpaired) electrons. The number of carbonyl (C=O) groups is 2. The standard InChI is InChI=1S/C22H18FN3O3/c23-15-8-6-14(7-9-15)18-12-19(25-24-18)20(27)26-11-3-10-22(13-26)17-5-2-1-4-16(17)21(28)29-22/h1-2,4-9,12H,3,10-11,13H2,(H,24,25). The van der Waals surface area contributed by atoms with E-state index in [-0.39, 0.29) is 17.7 Å². The number of piperidine rings is 1. The van der Waals surface area contributed by atoms with Crippen LogP contribution in [0.3, 0.4) is 0 Å². The zero-order chi connectivity index (χ0) is 20.0. The lowest BCUT2D eigenvalue weighted by molar-refractivity contribution is -0.0443. The van der Waals surface area contributed by atoms with Crippen molar-refractivity contribution < 1.29 is 18.7 Å². The first kappa shape index (κ1) is 17.6. The lowest BCUT2D eigenvalue weighted by atomic mass is 9.85. The number of hydrogen-bond donors (Lipinski definition) is 1. The van der Waals surface area contributed by atoms with E-state index in [1.54, 1.807) is 29.2 Å². The van der Waals surface area contributed by atoms with Crippen molar-refractivity contribution in [2.75, 3.05) is 13.1 Å². The highest BCUT2D eigenvalue weighted by molar-refractivity contribution is 5.96. The van der Waals surface area contributed by atoms with E-state index in [4.69, 9.17) is 4.74 Å². The molecule has 1 fully saturated rings. The maximum Gasteiger partial charge on any atom is 0.339 e. The van der Waals surface area contributed by atoms with E-state index < -0.39 is 5.60 Å². The third-order valence-corrected chi connectivity index (χ3v) is 5.62. The SMILES string of the molecule is O=C1OC2(CCCN(C(=O)c3cc(-c4ccc(F)cc4)n[nH]3)C2)c2ccccc21. The highest BCUT2D eigenvalue weighted by Gasteiger charge is 2.48. The van der Waals surface area contributed by atoms with Crippen LogP contribution in [-0.2, 0) is 10.3 Å². The van der Waals surface area contributed by atoms with Gasteiger partial charge in [0.1, 0.15) is 11.5 Å². The number of benzene rings is 2. The van der Waals surface area contributed by atoms with E-state index in [1.165, 1.54) is 12.1 Å². The van der Waals surface area contributed by atoms with Crippen LogP contribution in [0.2, 0.25) is 0 Å². The van der Waals surface area contributed by atoms with Crippen LogP contribution in [0.5, 0.6) is 0 Å². The zero-order valence-electron chi connectivity index (χ0n) is 15.5. The number of halogens is 1. The smallest absolute Gasteiger partial charge is 0.339 e. The minimum absolute atomic E-state index is 0.203. The Morgan fingerprint density at radius 1 is 1.17 bits per heavy atom. The van der Waals surface area contributed by atoms with E-state index in [2.05, 4.69) is 10.2 Å². The van der Waals surface area contributed by atoms with Gasteiger partial charge < -0.3 is 9.64 Å². The molecule has 0 bridgehead atoms. The average Bonchev–Trinajstić information content (AvgIpc) is 3.33. The Morgan fingerprint density at radius 3 is 2.79 bits per heavy atom. The number of nitrogens with zero attached hydrogens (tertiary/aromatic N) is 2. The van der Waals surface area contributed by atoms with Crippen LogP contribution in [-0.4, -0.2) is 40.1 Å². The molecule has 3 aromatic rings. The second kappa shape index (κ2) is 6.55. The Morgan fingerprint density at radius 2 is 1.97 bits per heavy atom. The van der Waals surface area contributed by atoms with Gasteiger partial charge in [0.05, 0.1) is 17.8 Å². The molecular formula is C22H18FN3O3. The summed E-state index contributed by atoms with van der Waals surface area (Å²) in [7, 11) is 0. The maximum atomic E-state index is 13.1. The number of ether oxygens (including phenoxy) is 1. The van der Waals surface area contributed by atoms with Crippen molar-refractivity contribution >= 4 is 11.9 Å². The summed E-state index contributed by atoms with van der Waals surface area (Å²) in [6, 6.07) is 15.0. The van der Waals surface area contributed by atoms with Gasteiger partial charge in [-0.2, -0.15) is 5.10 Å². The number of likely N-dealkylation sites (tertiary alicyclic amines) is 1. The van der Waals surface area contributed by atoms with Crippen molar-refractivity contribution in [3.63, 3.8) is 0 Å². The van der Waals surface area contributed by atoms with Crippen molar-refractivity contribution in [2.24, 2.45) is 0 Å². The molecule has 1 atom stereocenters. The first-order chi connectivity index (χ1) is 14.1. The fraction of sp³-hybridized carbons (Fsp3) is 0.227. The fourth-order valence-electron chi connectivity index (χ4n) is 4.21. The second-order valence-corrected chi connectivity index (χ2v) is 7.43. The molecule has 2 aliphatic rings. The van der Waals surface area contributed by atoms with Crippen LogP contribution in [0.4, 0.5) is 4.39 Å². The molecule has 2 aliphatic heterocycles. The third kappa shape index (κ3) is 2.90. The summed E-state index contributed by atoms with van der Waals surface area (Å²) in [6.45, 7) is 0.880. The number of hydrogen-bond acceptors (Lipinski definition) is 4. The highest BCUT2D eigenvalue weighted by atomic mass is 19.1. The molecule has 6 nitrogen and oxygen atoms in total. The maximum absolute atomic E-state index is 13.1. The molecule has 5 rings (SSSR count). The summed E-state index contributed by atoms with van der Waals surface area (Å²) in [5, 5.41) is 6.97. The number of carbonyl (C=O) groups excluding carboxylic acids is 2. The zero-order valence-corrected chi connectivity index (χ0v) is 15.5. The predicted octanol–water partition coefficient (Wildman–Crippen LogP) is 3.52. The predicted molar refractivity (Wildman–Crippen MR) is 103 cm³/mol. The first-order valence-corrected chi connectivity index (χ1v) is 9.49. The van der Waals surface area contributed by atoms with E-state index >= 15 is 0 Å². The number of H-pyrrole nitrogens is 1. The first-order valence-electron chi connectivity index (χ1n) is 9.49. The van der Waals surface area contributed by atoms with Crippen molar-refractivity contribution in [1.29, 1.82) is 0 Å². The summed E-state index contributed by atoms with van der Waals surface area (Å²) in [4.78, 5) is 27.1. The largest absolute Gasteiger partial charge is 0.449 e. The summed E-state index contributed by atoms with van der Waals surface area (Å²) < 4.78 is 18.9. The van der Waals surface area contributed by atoms with Crippen molar-refractivity contribution in [2.45, 2.75) is 18.4 Å². The second-order valence-electron chi connectivity index (χ2n) is 7.43. The van der Waals surface area contributed by atoms with Crippen LogP contribution >= 0.6 is 0 Å². The number of fused-ring (bicyclic) bond motifs is 2. The van der Waals surface area contributed by atoms with E-state index in [9.17, 15) is 14.0 Å². The molecule has 0 saturated carbocycles. The van der Waals surface area contributed by atoms with Crippen LogP contribution < -0.4 is 0 Å². The normalized spacial score (nSPS) is 20.6. The Labute approximate surface area is 166 Å². The molecule has 1 aromatic heterocycles. The van der Waals surface area contributed by atoms with Gasteiger partial charge >= 0.3 is 5.97 Å². The molecule has 29 heavy (non-hydrogen) atoms. The third-order valence-electron chi connectivity index (χ3n) is 5.62. The molecule has 1 saturated heterocycles. The molecule has 1 N–H and O–H groups in total. The quantitative estimate of drug-likeness (QED) is 0.679. The molecular weight excluding hydrogens is 373 g/mol. The molecule has 1 amide bonds. The van der Waals surface area contributed by atoms with E-state index in [1.807, 2.05) is 18.2 Å². The molecule has 0 aliphatic carbocycles. The van der Waals surface area contributed by atoms with Gasteiger partial charge in [-0.05, 0) is 49.2 Å². The Bertz CT molecular complexity index is 1110. The number of amides is 1. The Balaban J connectivity index is 1.40. The van der Waals surface area contributed by atoms with Crippen molar-refractivity contribution in [3.05, 3.63) is 77.2 Å². The van der Waals surface area contributed by atoms with Crippen LogP contribution in [0, 0.1) is 5.82 Å². The van der Waals surface area contributed by atoms with Gasteiger partial charge in [0.25, 0.3) is 5.91 Å². The lowest BCUT2D eigenvalue weighted by Gasteiger charge is -2.39. The molecule has 7 heteroatoms. The minimum Gasteiger partial charge on any atom is -0.449 e. The van der Waals surface area contributed by atoms with Crippen LogP contribution in [0.1, 0.15) is 39.3 Å². The molecule has 2 aromatic carbocycles. The Kier molecular flexibility index (Phi) is 3.97. The van der Waals surface area contributed by atoms with Crippen molar-refractivity contribution in [1.82, 2.24) is 15.1 Å². The monoisotopic (exact) mass is 391 g/mol. The number of aromatic nitrogens is 2. The molecule has 1 unspecified atom stereocenters. The van der Waals surface area contributed by atoms with Gasteiger partial charge in [0.15, 0.2) is 5.60 Å². The number of nitrogens with one attached hydrogen (secondary N) is 1. The van der Waals surface area contributed by atoms with Gasteiger partial charge in [0, 0.05) is 17.7 Å². The summed E-state index contributed by atoms with van der Waals surface area (Å²) >= 11 is 0. The average molecular weight is 391 g/mol. The molecule has 146 valence electrons. The number of esters is 1. The minimum atomic E-state index is -0.790. The lowest BCUT2D eigenvalue weighted by Crippen LogP contribution is -2.48. The van der Waals surface area contributed by atoms with Gasteiger partial charge in [0.2, 0.25) is 0 Å². The van der Waals surface area contributed by atoms with Gasteiger partial charge in [-0.25, -0.2) is 9.18 Å². The highest BCUT2D eigenvalue weighted by Crippen LogP contribution is 2.43. The van der Waals surface area contributed by atoms with E-state index in [0.29, 0.717) is 36.5 Å². The van der Waals surface area contributed by atoms with Crippen molar-refractivity contribution in [3.8, 4) is 11.3 Å². The summed E-state index contributed by atoms with van der Waals surface area (Å²) in [6.07, 6.45) is 1.41. The topological polar surface area (TPSA) is 75.3 Å². The summed E-state index contributed by atoms with van der Waals surface area (Å²) in [5.41, 5.74) is 2.26. The van der Waals surface area contributed by atoms with Gasteiger partial charge in [-0.15, -0.1) is 0 Å². The van der Waals surface area contributed by atoms with Crippen LogP contribution in [0.25, 0.3) is 11.3 Å². The number of aromatic amines is 1. The molecule has 1 spiro atoms. The van der Waals surface area contributed by atoms with Crippen LogP contribution in [0.15, 0.2) is 54.6 Å². The van der Waals surface area contributed by atoms with E-state index in [0.717, 1.165) is 17.5 Å². The van der Waals surface area contributed by atoms with Gasteiger partial charge in [-0.1, -0.05) is 18.2 Å². The fourth-order valence-corrected chi connectivity index (χ4v) is 4.21. The molecule has 3 heterocycles. The summed E-state index contributed by atoms with van der Waals surface area (Å²) in [5.74, 6) is -0.869. The Hall–Kier alpha value is -3.48. The number of rotatable bonds is 2. The van der Waals surface area contributed by atoms with Gasteiger partial charge in [-0.3, -0.25) is 9.89 Å².